The summed E-state index contributed by atoms with van der Waals surface area (Å²) in [6.45, 7) is 4.69. The standard InChI is InChI=1S/C26H33N5O8S/c1-26(2,3)39-25(35)30-22(27)17-10-12-18(13-11-17)23(33)28-15-14-21(32)29-16-20(24(34)38-4)31-40(36,37)19-8-6-5-7-9-19/h5-13,20,31H,14-16H2,1-4H3,(H,28,33)(H,29,32)(H2,27,30,35)/t20-/m0/s1. The molecule has 40 heavy (non-hydrogen) atoms. The molecular formula is C26H33N5O8S. The maximum atomic E-state index is 12.5. The lowest BCUT2D eigenvalue weighted by Crippen LogP contribution is -2.49. The first-order valence-electron chi connectivity index (χ1n) is 12.1. The number of nitrogens with one attached hydrogen (secondary N) is 5. The van der Waals surface area contributed by atoms with E-state index < -0.39 is 45.5 Å². The Balaban J connectivity index is 1.83. The van der Waals surface area contributed by atoms with E-state index in [9.17, 15) is 27.6 Å². The van der Waals surface area contributed by atoms with Gasteiger partial charge in [-0.3, -0.25) is 25.1 Å². The van der Waals surface area contributed by atoms with Gasteiger partial charge in [0.1, 0.15) is 17.5 Å². The Hall–Kier alpha value is -4.30. The summed E-state index contributed by atoms with van der Waals surface area (Å²) in [4.78, 5) is 48.5. The zero-order valence-corrected chi connectivity index (χ0v) is 23.4. The number of esters is 1. The number of hydrogen-bond acceptors (Lipinski definition) is 9. The Morgan fingerprint density at radius 3 is 2.10 bits per heavy atom. The lowest BCUT2D eigenvalue weighted by atomic mass is 10.1. The molecule has 216 valence electrons. The van der Waals surface area contributed by atoms with Gasteiger partial charge in [-0.15, -0.1) is 0 Å². The number of methoxy groups -OCH3 is 1. The van der Waals surface area contributed by atoms with E-state index in [-0.39, 0.29) is 35.8 Å². The zero-order valence-electron chi connectivity index (χ0n) is 22.6. The Morgan fingerprint density at radius 2 is 1.52 bits per heavy atom. The van der Waals surface area contributed by atoms with Gasteiger partial charge in [0.15, 0.2) is 0 Å². The quantitative estimate of drug-likeness (QED) is 0.150. The van der Waals surface area contributed by atoms with Crippen LogP contribution in [0.25, 0.3) is 0 Å². The Labute approximate surface area is 232 Å². The van der Waals surface area contributed by atoms with E-state index >= 15 is 0 Å². The summed E-state index contributed by atoms with van der Waals surface area (Å²) in [5, 5.41) is 15.3. The molecular weight excluding hydrogens is 542 g/mol. The van der Waals surface area contributed by atoms with Gasteiger partial charge in [-0.25, -0.2) is 13.2 Å². The summed E-state index contributed by atoms with van der Waals surface area (Å²) >= 11 is 0. The van der Waals surface area contributed by atoms with Crippen molar-refractivity contribution < 1.29 is 37.1 Å². The molecule has 5 N–H and O–H groups in total. The number of hydrogen-bond donors (Lipinski definition) is 5. The fourth-order valence-corrected chi connectivity index (χ4v) is 4.34. The number of carbonyl (C=O) groups is 4. The van der Waals surface area contributed by atoms with Crippen molar-refractivity contribution in [2.75, 3.05) is 20.2 Å². The van der Waals surface area contributed by atoms with E-state index in [1.54, 1.807) is 26.8 Å². The van der Waals surface area contributed by atoms with Crippen LogP contribution in [-0.4, -0.2) is 70.0 Å². The maximum absolute atomic E-state index is 12.5. The normalized spacial score (nSPS) is 12.0. The largest absolute Gasteiger partial charge is 0.468 e. The molecule has 0 unspecified atom stereocenters. The molecule has 0 bridgehead atoms. The summed E-state index contributed by atoms with van der Waals surface area (Å²) in [7, 11) is -2.95. The SMILES string of the molecule is COC(=O)[C@H](CNC(=O)CCNC(=O)c1ccc(C(=N)NC(=O)OC(C)(C)C)cc1)NS(=O)(=O)c1ccccc1. The molecule has 0 fully saturated rings. The predicted octanol–water partition coefficient (Wildman–Crippen LogP) is 1.29. The van der Waals surface area contributed by atoms with Crippen molar-refractivity contribution in [2.45, 2.75) is 43.7 Å². The van der Waals surface area contributed by atoms with E-state index in [1.807, 2.05) is 0 Å². The topological polar surface area (TPSA) is 193 Å². The number of benzene rings is 2. The highest BCUT2D eigenvalue weighted by Gasteiger charge is 2.27. The molecule has 0 saturated carbocycles. The third kappa shape index (κ3) is 10.5. The molecule has 0 saturated heterocycles. The first-order chi connectivity index (χ1) is 18.7. The van der Waals surface area contributed by atoms with Crippen molar-refractivity contribution in [3.05, 3.63) is 65.7 Å². The minimum Gasteiger partial charge on any atom is -0.468 e. The van der Waals surface area contributed by atoms with Crippen LogP contribution in [0.1, 0.15) is 43.1 Å². The number of amidine groups is 1. The van der Waals surface area contributed by atoms with Gasteiger partial charge in [0.05, 0.1) is 12.0 Å². The summed E-state index contributed by atoms with van der Waals surface area (Å²) in [5.74, 6) is -2.10. The highest BCUT2D eigenvalue weighted by molar-refractivity contribution is 7.89. The molecule has 13 nitrogen and oxygen atoms in total. The second-order valence-corrected chi connectivity index (χ2v) is 11.1. The third-order valence-corrected chi connectivity index (χ3v) is 6.53. The fourth-order valence-electron chi connectivity index (χ4n) is 3.13. The van der Waals surface area contributed by atoms with Crippen LogP contribution < -0.4 is 20.7 Å². The van der Waals surface area contributed by atoms with Crippen LogP contribution in [-0.2, 0) is 29.1 Å². The van der Waals surface area contributed by atoms with Crippen molar-refractivity contribution in [2.24, 2.45) is 0 Å². The van der Waals surface area contributed by atoms with Crippen molar-refractivity contribution >= 4 is 39.7 Å². The van der Waals surface area contributed by atoms with Crippen LogP contribution in [0, 0.1) is 5.41 Å². The number of amides is 3. The van der Waals surface area contributed by atoms with Crippen molar-refractivity contribution in [3.63, 3.8) is 0 Å². The van der Waals surface area contributed by atoms with E-state index in [0.29, 0.717) is 5.56 Å². The molecule has 0 heterocycles. The summed E-state index contributed by atoms with van der Waals surface area (Å²) < 4.78 is 37.0. The molecule has 14 heteroatoms. The predicted molar refractivity (Wildman–Crippen MR) is 145 cm³/mol. The molecule has 2 aromatic carbocycles. The van der Waals surface area contributed by atoms with Gasteiger partial charge < -0.3 is 20.1 Å². The molecule has 0 aliphatic heterocycles. The first kappa shape index (κ1) is 31.9. The van der Waals surface area contributed by atoms with Crippen LogP contribution in [0.3, 0.4) is 0 Å². The Bertz CT molecular complexity index is 1320. The van der Waals surface area contributed by atoms with E-state index in [2.05, 4.69) is 25.4 Å². The smallest absolute Gasteiger partial charge is 0.413 e. The molecule has 0 aromatic heterocycles. The molecule has 3 amide bonds. The van der Waals surface area contributed by atoms with Gasteiger partial charge >= 0.3 is 12.1 Å². The van der Waals surface area contributed by atoms with Gasteiger partial charge in [-0.1, -0.05) is 30.3 Å². The third-order valence-electron chi connectivity index (χ3n) is 5.04. The summed E-state index contributed by atoms with van der Waals surface area (Å²) in [6, 6.07) is 11.9. The minimum absolute atomic E-state index is 0.0406. The summed E-state index contributed by atoms with van der Waals surface area (Å²) in [6.07, 6.45) is -0.919. The van der Waals surface area contributed by atoms with Crippen LogP contribution >= 0.6 is 0 Å². The van der Waals surface area contributed by atoms with E-state index in [4.69, 9.17) is 10.1 Å². The number of alkyl carbamates (subject to hydrolysis) is 1. The molecule has 0 radical (unpaired) electrons. The molecule has 2 aromatic rings. The number of ether oxygens (including phenoxy) is 2. The molecule has 0 aliphatic rings. The maximum Gasteiger partial charge on any atom is 0.413 e. The minimum atomic E-state index is -4.04. The van der Waals surface area contributed by atoms with Crippen molar-refractivity contribution in [1.29, 1.82) is 5.41 Å². The van der Waals surface area contributed by atoms with Crippen molar-refractivity contribution in [1.82, 2.24) is 20.7 Å². The lowest BCUT2D eigenvalue weighted by molar-refractivity contribution is -0.142. The van der Waals surface area contributed by atoms with E-state index in [1.165, 1.54) is 48.5 Å². The highest BCUT2D eigenvalue weighted by atomic mass is 32.2. The first-order valence-corrected chi connectivity index (χ1v) is 13.6. The Kier molecular flexibility index (Phi) is 11.3. The van der Waals surface area contributed by atoms with Crippen LogP contribution in [0.5, 0.6) is 0 Å². The van der Waals surface area contributed by atoms with Crippen molar-refractivity contribution in [3.8, 4) is 0 Å². The second kappa shape index (κ2) is 14.2. The average Bonchev–Trinajstić information content (AvgIpc) is 2.89. The van der Waals surface area contributed by atoms with Crippen LogP contribution in [0.15, 0.2) is 59.5 Å². The zero-order chi connectivity index (χ0) is 29.9. The van der Waals surface area contributed by atoms with Gasteiger partial charge in [0, 0.05) is 30.6 Å². The van der Waals surface area contributed by atoms with Gasteiger partial charge in [-0.2, -0.15) is 4.72 Å². The molecule has 2 rings (SSSR count). The van der Waals surface area contributed by atoms with Gasteiger partial charge in [-0.05, 0) is 45.0 Å². The fraction of sp³-hybridized carbons (Fsp3) is 0.346. The molecule has 0 spiro atoms. The average molecular weight is 576 g/mol. The highest BCUT2D eigenvalue weighted by Crippen LogP contribution is 2.09. The monoisotopic (exact) mass is 575 g/mol. The number of sulfonamides is 1. The molecule has 1 atom stereocenters. The lowest BCUT2D eigenvalue weighted by Gasteiger charge is -2.19. The van der Waals surface area contributed by atoms with Gasteiger partial charge in [0.25, 0.3) is 5.91 Å². The Morgan fingerprint density at radius 1 is 0.925 bits per heavy atom. The second-order valence-electron chi connectivity index (χ2n) is 9.40. The number of rotatable bonds is 11. The van der Waals surface area contributed by atoms with Gasteiger partial charge in [0.2, 0.25) is 15.9 Å². The van der Waals surface area contributed by atoms with E-state index in [0.717, 1.165) is 7.11 Å². The summed E-state index contributed by atoms with van der Waals surface area (Å²) in [5.41, 5.74) is -0.105. The van der Waals surface area contributed by atoms with Crippen LogP contribution in [0.2, 0.25) is 0 Å². The molecule has 0 aliphatic carbocycles. The number of carbonyl (C=O) groups excluding carboxylic acids is 4. The van der Waals surface area contributed by atoms with Crippen LogP contribution in [0.4, 0.5) is 4.79 Å².